The van der Waals surface area contributed by atoms with Gasteiger partial charge in [0.25, 0.3) is 0 Å². The molecule has 0 aliphatic heterocycles. The molecular weight excluding hydrogens is 346 g/mol. The minimum Gasteiger partial charge on any atom is -0.481 e. The predicted molar refractivity (Wildman–Crippen MR) is 104 cm³/mol. The lowest BCUT2D eigenvalue weighted by atomic mass is 9.89. The molecule has 7 nitrogen and oxygen atoms in total. The molecule has 27 heavy (non-hydrogen) atoms. The van der Waals surface area contributed by atoms with E-state index in [1.807, 2.05) is 18.2 Å². The Bertz CT molecular complexity index is 629. The van der Waals surface area contributed by atoms with Crippen molar-refractivity contribution in [2.24, 2.45) is 17.0 Å². The summed E-state index contributed by atoms with van der Waals surface area (Å²) in [5.41, 5.74) is 8.78. The number of carbonyl (C=O) groups is 1. The molecule has 1 saturated carbocycles. The van der Waals surface area contributed by atoms with Gasteiger partial charge in [0.1, 0.15) is 0 Å². The van der Waals surface area contributed by atoms with E-state index in [9.17, 15) is 15.0 Å². The third-order valence-electron chi connectivity index (χ3n) is 4.75. The van der Waals surface area contributed by atoms with Crippen LogP contribution in [0.5, 0.6) is 0 Å². The van der Waals surface area contributed by atoms with Crippen LogP contribution < -0.4 is 0 Å². The number of unbranched alkanes of at least 4 members (excludes halogenated alkanes) is 1. The number of allylic oxidation sites excluding steroid dienone is 2. The Labute approximate surface area is 160 Å². The molecule has 5 atom stereocenters. The highest BCUT2D eigenvalue weighted by Crippen LogP contribution is 2.38. The van der Waals surface area contributed by atoms with Crippen molar-refractivity contribution < 1.29 is 20.1 Å². The summed E-state index contributed by atoms with van der Waals surface area (Å²) in [4.78, 5) is 13.4. The molecule has 0 aromatic heterocycles. The van der Waals surface area contributed by atoms with Crippen molar-refractivity contribution in [1.29, 1.82) is 0 Å². The Morgan fingerprint density at radius 3 is 2.89 bits per heavy atom. The van der Waals surface area contributed by atoms with Crippen LogP contribution in [0.2, 0.25) is 0 Å². The molecule has 0 spiro atoms. The Kier molecular flexibility index (Phi) is 11.0. The quantitative estimate of drug-likeness (QED) is 0.127. The standard InChI is InChI=1S/C20H29N3O4/c1-2-3-6-9-15(24)12-13-17-16(18(22-23-21)14-19(17)25)10-7-4-5-8-11-20(26)27/h4,7,12-13,15-19,24-25H,5-6,8-11,14H2,1H3,(H,26,27)/t15-,16+,17+,18-,19+/m0/s1. The highest BCUT2D eigenvalue weighted by molar-refractivity contribution is 5.66. The largest absolute Gasteiger partial charge is 0.481 e. The van der Waals surface area contributed by atoms with Crippen LogP contribution in [0.25, 0.3) is 10.4 Å². The molecule has 7 heteroatoms. The van der Waals surface area contributed by atoms with Gasteiger partial charge in [0.2, 0.25) is 0 Å². The van der Waals surface area contributed by atoms with Gasteiger partial charge in [0, 0.05) is 29.7 Å². The number of aliphatic hydroxyl groups excluding tert-OH is 2. The fourth-order valence-electron chi connectivity index (χ4n) is 3.35. The number of hydrogen-bond acceptors (Lipinski definition) is 4. The van der Waals surface area contributed by atoms with Gasteiger partial charge in [-0.3, -0.25) is 4.79 Å². The highest BCUT2D eigenvalue weighted by Gasteiger charge is 2.39. The van der Waals surface area contributed by atoms with Gasteiger partial charge in [-0.15, -0.1) is 11.8 Å². The monoisotopic (exact) mass is 375 g/mol. The molecule has 0 aromatic carbocycles. The maximum atomic E-state index is 10.5. The zero-order valence-corrected chi connectivity index (χ0v) is 15.7. The van der Waals surface area contributed by atoms with E-state index in [4.69, 9.17) is 10.6 Å². The molecule has 0 heterocycles. The van der Waals surface area contributed by atoms with E-state index in [-0.39, 0.29) is 24.3 Å². The molecule has 0 radical (unpaired) electrons. The van der Waals surface area contributed by atoms with Gasteiger partial charge in [0.15, 0.2) is 0 Å². The smallest absolute Gasteiger partial charge is 0.303 e. The number of carboxylic acid groups (broad SMARTS) is 1. The van der Waals surface area contributed by atoms with Crippen LogP contribution in [0.15, 0.2) is 29.4 Å². The van der Waals surface area contributed by atoms with E-state index in [0.29, 0.717) is 38.5 Å². The van der Waals surface area contributed by atoms with Crippen LogP contribution in [-0.2, 0) is 4.79 Å². The maximum absolute atomic E-state index is 10.5. The summed E-state index contributed by atoms with van der Waals surface area (Å²) in [5.74, 6) is 4.64. The van der Waals surface area contributed by atoms with Crippen molar-refractivity contribution in [3.63, 3.8) is 0 Å². The number of aliphatic hydroxyl groups is 2. The van der Waals surface area contributed by atoms with Gasteiger partial charge in [-0.05, 0) is 50.5 Å². The number of hydrogen-bond donors (Lipinski definition) is 3. The SMILES string of the molecule is CC#CCC[C@H](O)C=C[C@@H]1[C@@H](CC=CCCCC(=O)O)[C@@H](N=[N+]=[N-])C[C@H]1O. The molecule has 1 fully saturated rings. The van der Waals surface area contributed by atoms with Crippen molar-refractivity contribution in [2.75, 3.05) is 0 Å². The third kappa shape index (κ3) is 8.78. The second-order valence-corrected chi connectivity index (χ2v) is 6.73. The zero-order valence-electron chi connectivity index (χ0n) is 15.7. The van der Waals surface area contributed by atoms with Crippen molar-refractivity contribution >= 4 is 5.97 Å². The first kappa shape index (κ1) is 22.8. The summed E-state index contributed by atoms with van der Waals surface area (Å²) in [6, 6.07) is -0.300. The van der Waals surface area contributed by atoms with Gasteiger partial charge in [-0.25, -0.2) is 0 Å². The lowest BCUT2D eigenvalue weighted by molar-refractivity contribution is -0.137. The molecule has 0 aromatic rings. The Balaban J connectivity index is 2.67. The van der Waals surface area contributed by atoms with E-state index in [1.54, 1.807) is 13.0 Å². The van der Waals surface area contributed by atoms with Crippen LogP contribution >= 0.6 is 0 Å². The molecule has 0 amide bonds. The Morgan fingerprint density at radius 1 is 1.44 bits per heavy atom. The summed E-state index contributed by atoms with van der Waals surface area (Å²) in [7, 11) is 0. The molecule has 1 aliphatic carbocycles. The predicted octanol–water partition coefficient (Wildman–Crippen LogP) is 3.58. The van der Waals surface area contributed by atoms with E-state index in [0.717, 1.165) is 0 Å². The maximum Gasteiger partial charge on any atom is 0.303 e. The molecule has 0 bridgehead atoms. The topological polar surface area (TPSA) is 127 Å². The van der Waals surface area contributed by atoms with Crippen molar-refractivity contribution in [2.45, 2.75) is 70.1 Å². The number of rotatable bonds is 11. The van der Waals surface area contributed by atoms with Crippen LogP contribution in [0.4, 0.5) is 0 Å². The zero-order chi connectivity index (χ0) is 20.1. The fourth-order valence-corrected chi connectivity index (χ4v) is 3.35. The van der Waals surface area contributed by atoms with Gasteiger partial charge in [-0.2, -0.15) is 0 Å². The normalized spacial score (nSPS) is 25.9. The summed E-state index contributed by atoms with van der Waals surface area (Å²) in [6.07, 6.45) is 9.71. The van der Waals surface area contributed by atoms with E-state index in [2.05, 4.69) is 21.9 Å². The Morgan fingerprint density at radius 2 is 2.22 bits per heavy atom. The van der Waals surface area contributed by atoms with Crippen LogP contribution in [-0.4, -0.2) is 39.5 Å². The summed E-state index contributed by atoms with van der Waals surface area (Å²) < 4.78 is 0. The van der Waals surface area contributed by atoms with E-state index in [1.165, 1.54) is 0 Å². The number of nitrogens with zero attached hydrogens (tertiary/aromatic N) is 3. The van der Waals surface area contributed by atoms with Gasteiger partial charge >= 0.3 is 5.97 Å². The first-order valence-electron chi connectivity index (χ1n) is 9.34. The van der Waals surface area contributed by atoms with Crippen LogP contribution in [0.3, 0.4) is 0 Å². The minimum atomic E-state index is -0.806. The van der Waals surface area contributed by atoms with Crippen molar-refractivity contribution in [1.82, 2.24) is 0 Å². The Hall–Kier alpha value is -2.26. The molecule has 0 saturated heterocycles. The molecule has 0 unspecified atom stereocenters. The fraction of sp³-hybridized carbons (Fsp3) is 0.650. The number of carboxylic acids is 1. The average molecular weight is 375 g/mol. The van der Waals surface area contributed by atoms with Gasteiger partial charge in [-0.1, -0.05) is 29.4 Å². The lowest BCUT2D eigenvalue weighted by Gasteiger charge is -2.20. The third-order valence-corrected chi connectivity index (χ3v) is 4.75. The van der Waals surface area contributed by atoms with Crippen molar-refractivity contribution in [3.8, 4) is 11.8 Å². The first-order valence-corrected chi connectivity index (χ1v) is 9.34. The molecular formula is C20H29N3O4. The van der Waals surface area contributed by atoms with Gasteiger partial charge in [0.05, 0.1) is 12.2 Å². The molecule has 1 aliphatic rings. The number of aliphatic carboxylic acids is 1. The molecule has 1 rings (SSSR count). The lowest BCUT2D eigenvalue weighted by Crippen LogP contribution is -2.19. The van der Waals surface area contributed by atoms with E-state index >= 15 is 0 Å². The molecule has 148 valence electrons. The van der Waals surface area contributed by atoms with Gasteiger partial charge < -0.3 is 15.3 Å². The second-order valence-electron chi connectivity index (χ2n) is 6.73. The number of azide groups is 1. The minimum absolute atomic E-state index is 0.0505. The first-order chi connectivity index (χ1) is 13.0. The summed E-state index contributed by atoms with van der Waals surface area (Å²) in [5, 5.41) is 32.8. The summed E-state index contributed by atoms with van der Waals surface area (Å²) in [6.45, 7) is 1.76. The van der Waals surface area contributed by atoms with E-state index < -0.39 is 18.2 Å². The molecule has 3 N–H and O–H groups in total. The van der Waals surface area contributed by atoms with Crippen LogP contribution in [0, 0.1) is 23.7 Å². The second kappa shape index (κ2) is 13.0. The highest BCUT2D eigenvalue weighted by atomic mass is 16.4. The van der Waals surface area contributed by atoms with Crippen molar-refractivity contribution in [3.05, 3.63) is 34.7 Å². The van der Waals surface area contributed by atoms with Crippen LogP contribution in [0.1, 0.15) is 51.9 Å². The average Bonchev–Trinajstić information content (AvgIpc) is 2.91. The summed E-state index contributed by atoms with van der Waals surface area (Å²) >= 11 is 0.